The van der Waals surface area contributed by atoms with Crippen LogP contribution in [0.5, 0.6) is 0 Å². The first-order valence-corrected chi connectivity index (χ1v) is 6.05. The van der Waals surface area contributed by atoms with E-state index in [9.17, 15) is 14.0 Å². The fraction of sp³-hybridized carbons (Fsp3) is 0.0667. The number of hydrogen-bond acceptors (Lipinski definition) is 3. The predicted octanol–water partition coefficient (Wildman–Crippen LogP) is 2.38. The number of allylic oxidation sites excluding steroid dienone is 1. The smallest absolute Gasteiger partial charge is 0.371 e. The van der Waals surface area contributed by atoms with Crippen LogP contribution in [-0.2, 0) is 11.3 Å². The van der Waals surface area contributed by atoms with Gasteiger partial charge in [-0.2, -0.15) is 0 Å². The van der Waals surface area contributed by atoms with E-state index in [0.29, 0.717) is 12.6 Å². The van der Waals surface area contributed by atoms with Gasteiger partial charge >= 0.3 is 5.97 Å². The summed E-state index contributed by atoms with van der Waals surface area (Å²) in [4.78, 5) is 22.4. The molecule has 1 aromatic carbocycles. The number of benzene rings is 1. The molecule has 0 amide bonds. The van der Waals surface area contributed by atoms with Crippen molar-refractivity contribution >= 4 is 11.8 Å². The number of aromatic nitrogens is 1. The van der Waals surface area contributed by atoms with Gasteiger partial charge < -0.3 is 14.8 Å². The Morgan fingerprint density at radius 1 is 1.14 bits per heavy atom. The van der Waals surface area contributed by atoms with Gasteiger partial charge in [0, 0.05) is 18.8 Å². The minimum atomic E-state index is -1.57. The number of carbonyl (C=O) groups excluding carboxylic acids is 1. The van der Waals surface area contributed by atoms with Gasteiger partial charge in [-0.15, -0.1) is 0 Å². The van der Waals surface area contributed by atoms with Crippen LogP contribution in [-0.4, -0.2) is 26.5 Å². The van der Waals surface area contributed by atoms with E-state index in [0.717, 1.165) is 5.56 Å². The normalized spacial score (nSPS) is 11.4. The third-order valence-electron chi connectivity index (χ3n) is 2.84. The molecule has 0 atom stereocenters. The lowest BCUT2D eigenvalue weighted by Gasteiger charge is -2.07. The molecule has 2 aromatic rings. The fourth-order valence-corrected chi connectivity index (χ4v) is 1.82. The van der Waals surface area contributed by atoms with Gasteiger partial charge in [0.25, 0.3) is 0 Å². The largest absolute Gasteiger partial charge is 0.502 e. The second-order valence-electron chi connectivity index (χ2n) is 4.35. The lowest BCUT2D eigenvalue weighted by atomic mass is 10.2. The van der Waals surface area contributed by atoms with Crippen molar-refractivity contribution in [1.29, 1.82) is 0 Å². The maximum Gasteiger partial charge on any atom is 0.371 e. The predicted molar refractivity (Wildman–Crippen MR) is 72.6 cm³/mol. The average Bonchev–Trinajstić information content (AvgIpc) is 2.89. The third-order valence-corrected chi connectivity index (χ3v) is 2.84. The second-order valence-corrected chi connectivity index (χ2v) is 4.35. The molecule has 1 heterocycles. The minimum Gasteiger partial charge on any atom is -0.502 e. The number of hydrogen-bond donors (Lipinski definition) is 2. The van der Waals surface area contributed by atoms with Crippen LogP contribution in [0.3, 0.4) is 0 Å². The number of nitrogens with zero attached hydrogens (tertiary/aromatic N) is 1. The second kappa shape index (κ2) is 6.04. The quantitative estimate of drug-likeness (QED) is 0.503. The van der Waals surface area contributed by atoms with Crippen LogP contribution < -0.4 is 0 Å². The molecule has 0 saturated heterocycles. The van der Waals surface area contributed by atoms with Crippen LogP contribution in [0.1, 0.15) is 16.1 Å². The van der Waals surface area contributed by atoms with E-state index in [1.165, 1.54) is 18.2 Å². The van der Waals surface area contributed by atoms with Crippen LogP contribution in [0.4, 0.5) is 4.39 Å². The van der Waals surface area contributed by atoms with Gasteiger partial charge in [0.2, 0.25) is 11.5 Å². The molecule has 0 unspecified atom stereocenters. The Morgan fingerprint density at radius 2 is 1.81 bits per heavy atom. The lowest BCUT2D eigenvalue weighted by molar-refractivity contribution is -0.135. The van der Waals surface area contributed by atoms with E-state index >= 15 is 0 Å². The highest BCUT2D eigenvalue weighted by Crippen LogP contribution is 2.11. The molecule has 6 heteroatoms. The number of rotatable bonds is 5. The molecule has 2 N–H and O–H groups in total. The first-order valence-electron chi connectivity index (χ1n) is 6.05. The van der Waals surface area contributed by atoms with E-state index in [4.69, 9.17) is 10.2 Å². The number of aliphatic carboxylic acids is 1. The van der Waals surface area contributed by atoms with Crippen molar-refractivity contribution in [3.05, 3.63) is 71.5 Å². The van der Waals surface area contributed by atoms with Crippen molar-refractivity contribution in [2.75, 3.05) is 0 Å². The van der Waals surface area contributed by atoms with E-state index in [1.807, 2.05) is 0 Å². The fourth-order valence-electron chi connectivity index (χ4n) is 1.82. The topological polar surface area (TPSA) is 79.5 Å². The van der Waals surface area contributed by atoms with E-state index < -0.39 is 17.5 Å². The molecule has 0 aliphatic carbocycles. The Kier molecular flexibility index (Phi) is 4.18. The summed E-state index contributed by atoms with van der Waals surface area (Å²) < 4.78 is 14.4. The Labute approximate surface area is 119 Å². The number of carbonyl (C=O) groups is 2. The maximum absolute atomic E-state index is 12.8. The minimum absolute atomic E-state index is 0.229. The summed E-state index contributed by atoms with van der Waals surface area (Å²) in [5.41, 5.74) is 1.01. The SMILES string of the molecule is O=C(O)/C(O)=C/C(=O)c1cccn1Cc1ccc(F)cc1. The molecule has 0 aliphatic rings. The first-order chi connectivity index (χ1) is 9.97. The van der Waals surface area contributed by atoms with Crippen molar-refractivity contribution in [1.82, 2.24) is 4.57 Å². The Bertz CT molecular complexity index is 701. The summed E-state index contributed by atoms with van der Waals surface area (Å²) in [7, 11) is 0. The Balaban J connectivity index is 2.22. The van der Waals surface area contributed by atoms with Crippen molar-refractivity contribution < 1.29 is 24.2 Å². The molecule has 0 bridgehead atoms. The highest BCUT2D eigenvalue weighted by atomic mass is 19.1. The molecule has 5 nitrogen and oxygen atoms in total. The summed E-state index contributed by atoms with van der Waals surface area (Å²) in [5.74, 6) is -3.56. The Morgan fingerprint density at radius 3 is 2.43 bits per heavy atom. The molecule has 0 fully saturated rings. The van der Waals surface area contributed by atoms with Crippen molar-refractivity contribution in [3.8, 4) is 0 Å². The molecule has 0 saturated carbocycles. The van der Waals surface area contributed by atoms with E-state index in [1.54, 1.807) is 29.0 Å². The van der Waals surface area contributed by atoms with Gasteiger partial charge in [0.1, 0.15) is 5.82 Å². The van der Waals surface area contributed by atoms with Crippen LogP contribution in [0.2, 0.25) is 0 Å². The summed E-state index contributed by atoms with van der Waals surface area (Å²) in [6, 6.07) is 8.95. The zero-order valence-corrected chi connectivity index (χ0v) is 10.9. The van der Waals surface area contributed by atoms with E-state index in [-0.39, 0.29) is 11.5 Å². The standard InChI is InChI=1S/C15H12FNO4/c16-11-5-3-10(4-6-11)9-17-7-1-2-12(17)13(18)8-14(19)15(20)21/h1-8,19H,9H2,(H,20,21)/b14-8-. The summed E-state index contributed by atoms with van der Waals surface area (Å²) in [6.07, 6.45) is 2.29. The van der Waals surface area contributed by atoms with Crippen LogP contribution >= 0.6 is 0 Å². The number of carboxylic acids is 1. The first kappa shape index (κ1) is 14.5. The summed E-state index contributed by atoms with van der Waals surface area (Å²) in [5, 5.41) is 17.6. The number of aliphatic hydroxyl groups is 1. The lowest BCUT2D eigenvalue weighted by Crippen LogP contribution is -2.10. The number of aliphatic hydroxyl groups excluding tert-OH is 1. The molecular weight excluding hydrogens is 277 g/mol. The molecule has 0 aliphatic heterocycles. The van der Waals surface area contributed by atoms with Gasteiger partial charge in [-0.25, -0.2) is 9.18 Å². The van der Waals surface area contributed by atoms with Crippen LogP contribution in [0.25, 0.3) is 0 Å². The van der Waals surface area contributed by atoms with Crippen molar-refractivity contribution in [2.45, 2.75) is 6.54 Å². The number of carboxylic acid groups (broad SMARTS) is 1. The van der Waals surface area contributed by atoms with Crippen LogP contribution in [0.15, 0.2) is 54.4 Å². The zero-order chi connectivity index (χ0) is 15.4. The number of halogens is 1. The Hall–Kier alpha value is -2.89. The van der Waals surface area contributed by atoms with Gasteiger partial charge in [0.15, 0.2) is 0 Å². The summed E-state index contributed by atoms with van der Waals surface area (Å²) >= 11 is 0. The van der Waals surface area contributed by atoms with Gasteiger partial charge in [-0.05, 0) is 29.8 Å². The molecule has 0 radical (unpaired) electrons. The highest BCUT2D eigenvalue weighted by Gasteiger charge is 2.13. The third kappa shape index (κ3) is 3.56. The highest BCUT2D eigenvalue weighted by molar-refractivity contribution is 6.06. The number of ketones is 1. The maximum atomic E-state index is 12.8. The molecule has 108 valence electrons. The molecular formula is C15H12FNO4. The van der Waals surface area contributed by atoms with E-state index in [2.05, 4.69) is 0 Å². The van der Waals surface area contributed by atoms with Crippen molar-refractivity contribution in [2.24, 2.45) is 0 Å². The van der Waals surface area contributed by atoms with Gasteiger partial charge in [-0.1, -0.05) is 12.1 Å². The zero-order valence-electron chi connectivity index (χ0n) is 10.9. The molecule has 21 heavy (non-hydrogen) atoms. The van der Waals surface area contributed by atoms with Crippen molar-refractivity contribution in [3.63, 3.8) is 0 Å². The molecule has 0 spiro atoms. The monoisotopic (exact) mass is 289 g/mol. The molecule has 2 rings (SSSR count). The van der Waals surface area contributed by atoms with Gasteiger partial charge in [-0.3, -0.25) is 4.79 Å². The van der Waals surface area contributed by atoms with Gasteiger partial charge in [0.05, 0.1) is 5.69 Å². The molecule has 1 aromatic heterocycles. The summed E-state index contributed by atoms with van der Waals surface area (Å²) in [6.45, 7) is 0.329. The van der Waals surface area contributed by atoms with Crippen LogP contribution in [0, 0.1) is 5.82 Å². The average molecular weight is 289 g/mol.